The van der Waals surface area contributed by atoms with Gasteiger partial charge in [-0.25, -0.2) is 4.39 Å². The monoisotopic (exact) mass is 313 g/mol. The average Bonchev–Trinajstić information content (AvgIpc) is 2.27. The predicted octanol–water partition coefficient (Wildman–Crippen LogP) is 4.47. The van der Waals surface area contributed by atoms with Crippen molar-refractivity contribution < 1.29 is 4.39 Å². The van der Waals surface area contributed by atoms with Crippen LogP contribution in [-0.2, 0) is 6.42 Å². The van der Waals surface area contributed by atoms with Crippen molar-refractivity contribution in [3.63, 3.8) is 0 Å². The van der Waals surface area contributed by atoms with Crippen LogP contribution in [-0.4, -0.2) is 13.1 Å². The van der Waals surface area contributed by atoms with Crippen LogP contribution in [0.25, 0.3) is 0 Å². The summed E-state index contributed by atoms with van der Waals surface area (Å²) in [7, 11) is 0. The Morgan fingerprint density at radius 2 is 2.11 bits per heavy atom. The summed E-state index contributed by atoms with van der Waals surface area (Å²) in [6.07, 6.45) is 5.23. The van der Waals surface area contributed by atoms with Gasteiger partial charge in [0, 0.05) is 4.47 Å². The van der Waals surface area contributed by atoms with Gasteiger partial charge in [-0.2, -0.15) is 0 Å². The maximum absolute atomic E-state index is 13.2. The van der Waals surface area contributed by atoms with E-state index in [1.165, 1.54) is 18.1 Å². The Bertz CT molecular complexity index is 381. The summed E-state index contributed by atoms with van der Waals surface area (Å²) >= 11 is 3.31. The molecule has 0 aromatic heterocycles. The van der Waals surface area contributed by atoms with Crippen molar-refractivity contribution in [1.29, 1.82) is 0 Å². The van der Waals surface area contributed by atoms with Crippen LogP contribution in [0.1, 0.15) is 32.3 Å². The second-order valence-electron chi connectivity index (χ2n) is 4.54. The van der Waals surface area contributed by atoms with Crippen molar-refractivity contribution in [3.8, 4) is 0 Å². The first kappa shape index (κ1) is 15.4. The number of allylic oxidation sites excluding steroid dienone is 1. The van der Waals surface area contributed by atoms with Gasteiger partial charge in [0.15, 0.2) is 0 Å². The standard InChI is InChI=1S/C15H21BrFN/c1-3-6-18-7-4-5-12(2)8-13-9-14(16)11-15(17)10-13/h5,9-11,18H,3-4,6-8H2,1-2H3. The smallest absolute Gasteiger partial charge is 0.124 e. The van der Waals surface area contributed by atoms with Crippen LogP contribution in [0.4, 0.5) is 4.39 Å². The van der Waals surface area contributed by atoms with Crippen LogP contribution < -0.4 is 5.32 Å². The summed E-state index contributed by atoms with van der Waals surface area (Å²) in [4.78, 5) is 0. The molecule has 0 atom stereocenters. The van der Waals surface area contributed by atoms with Gasteiger partial charge < -0.3 is 5.32 Å². The van der Waals surface area contributed by atoms with Crippen molar-refractivity contribution in [2.75, 3.05) is 13.1 Å². The molecule has 0 spiro atoms. The SMILES string of the molecule is CCCNCCC=C(C)Cc1cc(F)cc(Br)c1. The molecule has 100 valence electrons. The summed E-state index contributed by atoms with van der Waals surface area (Å²) in [5.74, 6) is -0.184. The van der Waals surface area contributed by atoms with E-state index >= 15 is 0 Å². The molecule has 0 radical (unpaired) electrons. The van der Waals surface area contributed by atoms with Crippen LogP contribution in [0.5, 0.6) is 0 Å². The van der Waals surface area contributed by atoms with Gasteiger partial charge in [-0.05, 0) is 63.0 Å². The van der Waals surface area contributed by atoms with Crippen molar-refractivity contribution in [1.82, 2.24) is 5.32 Å². The Balaban J connectivity index is 2.43. The molecule has 0 aliphatic heterocycles. The van der Waals surface area contributed by atoms with Crippen LogP contribution in [0.15, 0.2) is 34.3 Å². The molecule has 18 heavy (non-hydrogen) atoms. The summed E-state index contributed by atoms with van der Waals surface area (Å²) < 4.78 is 14.0. The summed E-state index contributed by atoms with van der Waals surface area (Å²) in [5.41, 5.74) is 2.29. The molecule has 0 fully saturated rings. The van der Waals surface area contributed by atoms with Crippen LogP contribution in [0.3, 0.4) is 0 Å². The maximum atomic E-state index is 13.2. The molecule has 0 bridgehead atoms. The minimum atomic E-state index is -0.184. The fourth-order valence-corrected chi connectivity index (χ4v) is 2.34. The van der Waals surface area contributed by atoms with Gasteiger partial charge in [-0.1, -0.05) is 34.5 Å². The second-order valence-corrected chi connectivity index (χ2v) is 5.46. The van der Waals surface area contributed by atoms with Gasteiger partial charge in [0.25, 0.3) is 0 Å². The first-order chi connectivity index (χ1) is 8.61. The lowest BCUT2D eigenvalue weighted by atomic mass is 10.1. The van der Waals surface area contributed by atoms with Crippen molar-refractivity contribution in [2.24, 2.45) is 0 Å². The molecular formula is C15H21BrFN. The zero-order valence-electron chi connectivity index (χ0n) is 11.1. The molecule has 1 N–H and O–H groups in total. The fourth-order valence-electron chi connectivity index (χ4n) is 1.83. The first-order valence-electron chi connectivity index (χ1n) is 6.43. The van der Waals surface area contributed by atoms with Gasteiger partial charge in [-0.3, -0.25) is 0 Å². The van der Waals surface area contributed by atoms with E-state index in [1.54, 1.807) is 6.07 Å². The number of halogens is 2. The summed E-state index contributed by atoms with van der Waals surface area (Å²) in [6, 6.07) is 5.05. The van der Waals surface area contributed by atoms with Crippen LogP contribution in [0.2, 0.25) is 0 Å². The minimum Gasteiger partial charge on any atom is -0.316 e. The minimum absolute atomic E-state index is 0.184. The number of rotatable bonds is 7. The highest BCUT2D eigenvalue weighted by molar-refractivity contribution is 9.10. The molecule has 0 saturated carbocycles. The lowest BCUT2D eigenvalue weighted by Gasteiger charge is -2.04. The molecule has 3 heteroatoms. The number of hydrogen-bond donors (Lipinski definition) is 1. The van der Waals surface area contributed by atoms with Gasteiger partial charge in [0.2, 0.25) is 0 Å². The number of benzene rings is 1. The van der Waals surface area contributed by atoms with E-state index in [1.807, 2.05) is 6.07 Å². The molecule has 0 aliphatic carbocycles. The molecular weight excluding hydrogens is 293 g/mol. The normalized spacial score (nSPS) is 11.9. The topological polar surface area (TPSA) is 12.0 Å². The molecule has 1 nitrogen and oxygen atoms in total. The second kappa shape index (κ2) is 8.44. The predicted molar refractivity (Wildman–Crippen MR) is 79.3 cm³/mol. The molecule has 0 unspecified atom stereocenters. The van der Waals surface area contributed by atoms with Gasteiger partial charge in [0.05, 0.1) is 0 Å². The Hall–Kier alpha value is -0.670. The lowest BCUT2D eigenvalue weighted by Crippen LogP contribution is -2.15. The molecule has 1 aromatic rings. The van der Waals surface area contributed by atoms with Crippen LogP contribution in [0, 0.1) is 5.82 Å². The van der Waals surface area contributed by atoms with Crippen molar-refractivity contribution in [2.45, 2.75) is 33.1 Å². The zero-order valence-corrected chi connectivity index (χ0v) is 12.7. The summed E-state index contributed by atoms with van der Waals surface area (Å²) in [5, 5.41) is 3.36. The Morgan fingerprint density at radius 3 is 2.78 bits per heavy atom. The molecule has 1 rings (SSSR count). The quantitative estimate of drug-likeness (QED) is 0.578. The van der Waals surface area contributed by atoms with Crippen molar-refractivity contribution in [3.05, 3.63) is 45.7 Å². The van der Waals surface area contributed by atoms with E-state index in [0.29, 0.717) is 0 Å². The maximum Gasteiger partial charge on any atom is 0.124 e. The largest absolute Gasteiger partial charge is 0.316 e. The summed E-state index contributed by atoms with van der Waals surface area (Å²) in [6.45, 7) is 6.34. The third-order valence-corrected chi connectivity index (χ3v) is 3.10. The third kappa shape index (κ3) is 6.31. The van der Waals surface area contributed by atoms with Gasteiger partial charge in [0.1, 0.15) is 5.82 Å². The highest BCUT2D eigenvalue weighted by Gasteiger charge is 2.00. The third-order valence-electron chi connectivity index (χ3n) is 2.65. The molecule has 0 heterocycles. The first-order valence-corrected chi connectivity index (χ1v) is 7.22. The Kier molecular flexibility index (Phi) is 7.21. The molecule has 0 amide bonds. The lowest BCUT2D eigenvalue weighted by molar-refractivity contribution is 0.625. The van der Waals surface area contributed by atoms with E-state index in [9.17, 15) is 4.39 Å². The van der Waals surface area contributed by atoms with E-state index in [0.717, 1.165) is 36.0 Å². The van der Waals surface area contributed by atoms with E-state index in [-0.39, 0.29) is 5.82 Å². The number of nitrogens with one attached hydrogen (secondary N) is 1. The highest BCUT2D eigenvalue weighted by Crippen LogP contribution is 2.17. The van der Waals surface area contributed by atoms with Crippen LogP contribution >= 0.6 is 15.9 Å². The van der Waals surface area contributed by atoms with Crippen molar-refractivity contribution >= 4 is 15.9 Å². The van der Waals surface area contributed by atoms with E-state index < -0.39 is 0 Å². The molecule has 0 aliphatic rings. The number of hydrogen-bond acceptors (Lipinski definition) is 1. The van der Waals surface area contributed by atoms with Gasteiger partial charge >= 0.3 is 0 Å². The van der Waals surface area contributed by atoms with E-state index in [4.69, 9.17) is 0 Å². The Morgan fingerprint density at radius 1 is 1.33 bits per heavy atom. The van der Waals surface area contributed by atoms with E-state index in [2.05, 4.69) is 41.2 Å². The molecule has 0 saturated heterocycles. The average molecular weight is 314 g/mol. The zero-order chi connectivity index (χ0) is 13.4. The fraction of sp³-hybridized carbons (Fsp3) is 0.467. The van der Waals surface area contributed by atoms with Gasteiger partial charge in [-0.15, -0.1) is 0 Å². The Labute approximate surface area is 118 Å². The highest BCUT2D eigenvalue weighted by atomic mass is 79.9. The molecule has 1 aromatic carbocycles.